The third kappa shape index (κ3) is 1.90. The summed E-state index contributed by atoms with van der Waals surface area (Å²) in [6.07, 6.45) is 0.342. The Bertz CT molecular complexity index is 466. The molecule has 0 aliphatic rings. The van der Waals surface area contributed by atoms with Crippen molar-refractivity contribution in [2.75, 3.05) is 11.6 Å². The van der Waals surface area contributed by atoms with Gasteiger partial charge in [-0.1, -0.05) is 12.1 Å². The van der Waals surface area contributed by atoms with Crippen molar-refractivity contribution in [2.45, 2.75) is 6.42 Å². The lowest BCUT2D eigenvalue weighted by molar-refractivity contribution is 0.573. The van der Waals surface area contributed by atoms with Crippen molar-refractivity contribution in [2.24, 2.45) is 5.84 Å². The lowest BCUT2D eigenvalue weighted by Gasteiger charge is -2.10. The highest BCUT2D eigenvalue weighted by Gasteiger charge is 2.09. The number of fused-ring (bicyclic) bond motifs is 1. The highest BCUT2D eigenvalue weighted by atomic mass is 16.4. The van der Waals surface area contributed by atoms with E-state index in [0.717, 1.165) is 5.52 Å². The summed E-state index contributed by atoms with van der Waals surface area (Å²) in [6, 6.07) is 9.77. The van der Waals surface area contributed by atoms with E-state index in [4.69, 9.17) is 15.5 Å². The van der Waals surface area contributed by atoms with Gasteiger partial charge in [0.1, 0.15) is 5.52 Å². The molecule has 0 bridgehead atoms. The first-order valence-corrected chi connectivity index (χ1v) is 4.56. The molecule has 15 heavy (non-hydrogen) atoms. The van der Waals surface area contributed by atoms with E-state index < -0.39 is 0 Å². The first-order valence-electron chi connectivity index (χ1n) is 4.56. The molecule has 0 aliphatic carbocycles. The van der Waals surface area contributed by atoms with Crippen LogP contribution >= 0.6 is 0 Å². The number of nitrogens with zero attached hydrogens (tertiary/aromatic N) is 3. The van der Waals surface area contributed by atoms with Crippen LogP contribution in [-0.2, 0) is 0 Å². The number of anilines is 1. The van der Waals surface area contributed by atoms with Gasteiger partial charge in [0.25, 0.3) is 0 Å². The summed E-state index contributed by atoms with van der Waals surface area (Å²) in [5, 5.41) is 9.76. The predicted molar refractivity (Wildman–Crippen MR) is 55.8 cm³/mol. The number of hydrazine groups is 1. The van der Waals surface area contributed by atoms with Crippen LogP contribution in [0.2, 0.25) is 0 Å². The van der Waals surface area contributed by atoms with E-state index in [1.165, 1.54) is 5.01 Å². The zero-order chi connectivity index (χ0) is 10.7. The van der Waals surface area contributed by atoms with Gasteiger partial charge >= 0.3 is 6.01 Å². The Morgan fingerprint density at radius 1 is 1.47 bits per heavy atom. The third-order valence-corrected chi connectivity index (χ3v) is 1.99. The van der Waals surface area contributed by atoms with E-state index in [-0.39, 0.29) is 0 Å². The number of nitrogens with two attached hydrogens (primary N) is 1. The molecular formula is C10H10N4O. The monoisotopic (exact) mass is 202 g/mol. The fourth-order valence-corrected chi connectivity index (χ4v) is 1.25. The molecule has 0 fully saturated rings. The van der Waals surface area contributed by atoms with Crippen molar-refractivity contribution in [3.05, 3.63) is 24.3 Å². The standard InChI is InChI=1S/C10H10N4O/c11-6-3-7-14(12)10-13-8-4-1-2-5-9(8)15-10/h1-2,4-5H,3,7,12H2. The average molecular weight is 202 g/mol. The van der Waals surface area contributed by atoms with Gasteiger partial charge in [0.2, 0.25) is 0 Å². The smallest absolute Gasteiger partial charge is 0.313 e. The van der Waals surface area contributed by atoms with Gasteiger partial charge in [0.05, 0.1) is 19.0 Å². The molecule has 5 heteroatoms. The van der Waals surface area contributed by atoms with Crippen molar-refractivity contribution in [1.29, 1.82) is 5.26 Å². The number of hydrogen-bond donors (Lipinski definition) is 1. The lowest BCUT2D eigenvalue weighted by atomic mass is 10.3. The Hall–Kier alpha value is -2.06. The van der Waals surface area contributed by atoms with Crippen LogP contribution in [0.3, 0.4) is 0 Å². The topological polar surface area (TPSA) is 79.1 Å². The summed E-state index contributed by atoms with van der Waals surface area (Å²) in [5.74, 6) is 5.67. The van der Waals surface area contributed by atoms with Gasteiger partial charge in [-0.05, 0) is 12.1 Å². The molecule has 1 aromatic carbocycles. The predicted octanol–water partition coefficient (Wildman–Crippen LogP) is 1.42. The Labute approximate surface area is 86.7 Å². The molecule has 1 aromatic heterocycles. The quantitative estimate of drug-likeness (QED) is 0.601. The maximum Gasteiger partial charge on any atom is 0.313 e. The summed E-state index contributed by atoms with van der Waals surface area (Å²) >= 11 is 0. The van der Waals surface area contributed by atoms with E-state index in [9.17, 15) is 0 Å². The summed E-state index contributed by atoms with van der Waals surface area (Å²) < 4.78 is 5.41. The first kappa shape index (κ1) is 9.49. The number of benzene rings is 1. The van der Waals surface area contributed by atoms with E-state index in [1.807, 2.05) is 30.3 Å². The number of aromatic nitrogens is 1. The van der Waals surface area contributed by atoms with Crippen LogP contribution in [0, 0.1) is 11.3 Å². The summed E-state index contributed by atoms with van der Waals surface area (Å²) in [7, 11) is 0. The van der Waals surface area contributed by atoms with Crippen LogP contribution in [0.4, 0.5) is 6.01 Å². The molecule has 5 nitrogen and oxygen atoms in total. The number of para-hydroxylation sites is 2. The fourth-order valence-electron chi connectivity index (χ4n) is 1.25. The van der Waals surface area contributed by atoms with Crippen LogP contribution in [0.25, 0.3) is 11.1 Å². The normalized spacial score (nSPS) is 10.1. The molecule has 2 N–H and O–H groups in total. The minimum atomic E-state index is 0.339. The van der Waals surface area contributed by atoms with E-state index >= 15 is 0 Å². The minimum absolute atomic E-state index is 0.339. The molecule has 0 unspecified atom stereocenters. The van der Waals surface area contributed by atoms with Crippen molar-refractivity contribution < 1.29 is 4.42 Å². The van der Waals surface area contributed by atoms with Gasteiger partial charge in [-0.3, -0.25) is 5.01 Å². The number of oxazole rings is 1. The van der Waals surface area contributed by atoms with Gasteiger partial charge < -0.3 is 4.42 Å². The van der Waals surface area contributed by atoms with Crippen molar-refractivity contribution >= 4 is 17.1 Å². The molecule has 1 heterocycles. The molecule has 0 saturated heterocycles. The van der Waals surface area contributed by atoms with Gasteiger partial charge in [-0.2, -0.15) is 10.2 Å². The zero-order valence-electron chi connectivity index (χ0n) is 8.05. The minimum Gasteiger partial charge on any atom is -0.422 e. The third-order valence-electron chi connectivity index (χ3n) is 1.99. The fraction of sp³-hybridized carbons (Fsp3) is 0.200. The highest BCUT2D eigenvalue weighted by molar-refractivity contribution is 5.74. The van der Waals surface area contributed by atoms with Gasteiger partial charge in [0, 0.05) is 0 Å². The average Bonchev–Trinajstić information content (AvgIpc) is 2.69. The molecule has 0 aliphatic heterocycles. The summed E-state index contributed by atoms with van der Waals surface area (Å²) in [6.45, 7) is 0.406. The van der Waals surface area contributed by atoms with E-state index in [2.05, 4.69) is 4.98 Å². The Morgan fingerprint density at radius 2 is 2.27 bits per heavy atom. The molecule has 0 radical (unpaired) electrons. The second-order valence-electron chi connectivity index (χ2n) is 3.07. The highest BCUT2D eigenvalue weighted by Crippen LogP contribution is 2.19. The van der Waals surface area contributed by atoms with Crippen LogP contribution in [0.1, 0.15) is 6.42 Å². The van der Waals surface area contributed by atoms with Gasteiger partial charge in [-0.15, -0.1) is 0 Å². The molecule has 0 amide bonds. The molecule has 0 atom stereocenters. The maximum absolute atomic E-state index is 8.42. The molecule has 2 aromatic rings. The lowest BCUT2D eigenvalue weighted by Crippen LogP contribution is -2.31. The van der Waals surface area contributed by atoms with Gasteiger partial charge in [0.15, 0.2) is 5.58 Å². The first-order chi connectivity index (χ1) is 7.31. The van der Waals surface area contributed by atoms with Crippen molar-refractivity contribution in [3.63, 3.8) is 0 Å². The van der Waals surface area contributed by atoms with Crippen molar-refractivity contribution in [3.8, 4) is 6.07 Å². The number of nitriles is 1. The van der Waals surface area contributed by atoms with Crippen LogP contribution in [0.15, 0.2) is 28.7 Å². The molecular weight excluding hydrogens is 192 g/mol. The van der Waals surface area contributed by atoms with E-state index in [1.54, 1.807) is 0 Å². The van der Waals surface area contributed by atoms with Gasteiger partial charge in [-0.25, -0.2) is 5.84 Å². The molecule has 0 saturated carbocycles. The summed E-state index contributed by atoms with van der Waals surface area (Å²) in [4.78, 5) is 4.19. The Morgan fingerprint density at radius 3 is 3.00 bits per heavy atom. The second kappa shape index (κ2) is 3.98. The van der Waals surface area contributed by atoms with Crippen molar-refractivity contribution in [1.82, 2.24) is 4.98 Å². The molecule has 76 valence electrons. The maximum atomic E-state index is 8.42. The second-order valence-corrected chi connectivity index (χ2v) is 3.07. The van der Waals surface area contributed by atoms with E-state index in [0.29, 0.717) is 24.6 Å². The number of rotatable bonds is 3. The van der Waals surface area contributed by atoms with Crippen LogP contribution < -0.4 is 10.9 Å². The molecule has 2 rings (SSSR count). The van der Waals surface area contributed by atoms with Crippen LogP contribution in [-0.4, -0.2) is 11.5 Å². The Kier molecular flexibility index (Phi) is 2.52. The number of hydrogen-bond acceptors (Lipinski definition) is 5. The summed E-state index contributed by atoms with van der Waals surface area (Å²) in [5.41, 5.74) is 1.46. The largest absolute Gasteiger partial charge is 0.422 e. The SMILES string of the molecule is N#CCCN(N)c1nc2ccccc2o1. The Balaban J connectivity index is 2.25. The molecule has 0 spiro atoms. The van der Waals surface area contributed by atoms with Crippen LogP contribution in [0.5, 0.6) is 0 Å². The zero-order valence-corrected chi connectivity index (χ0v) is 8.05.